The fourth-order valence-electron chi connectivity index (χ4n) is 1.91. The maximum atomic E-state index is 11.9. The van der Waals surface area contributed by atoms with E-state index in [-0.39, 0.29) is 29.1 Å². The van der Waals surface area contributed by atoms with E-state index in [4.69, 9.17) is 0 Å². The van der Waals surface area contributed by atoms with Gasteiger partial charge < -0.3 is 15.2 Å². The third kappa shape index (κ3) is 4.98. The molecular weight excluding hydrogens is 302 g/mol. The van der Waals surface area contributed by atoms with Crippen LogP contribution in [-0.4, -0.2) is 28.5 Å². The number of carbonyl (C=O) groups excluding carboxylic acids is 2. The van der Waals surface area contributed by atoms with Crippen molar-refractivity contribution in [2.24, 2.45) is 0 Å². The number of nitrogens with one attached hydrogen (secondary N) is 2. The molecule has 22 heavy (non-hydrogen) atoms. The monoisotopic (exact) mass is 327 g/mol. The van der Waals surface area contributed by atoms with E-state index in [0.29, 0.717) is 6.54 Å². The van der Waals surface area contributed by atoms with Crippen LogP contribution in [0.1, 0.15) is 44.2 Å². The maximum absolute atomic E-state index is 11.9. The van der Waals surface area contributed by atoms with Crippen LogP contribution in [-0.2, 0) is 16.1 Å². The van der Waals surface area contributed by atoms with E-state index in [2.05, 4.69) is 10.6 Å². The van der Waals surface area contributed by atoms with E-state index in [1.165, 1.54) is 11.3 Å². The summed E-state index contributed by atoms with van der Waals surface area (Å²) in [5.74, 6) is -0.427. The lowest BCUT2D eigenvalue weighted by Crippen LogP contribution is -2.47. The molecule has 2 amide bonds. The Hall–Kier alpha value is -1.63. The van der Waals surface area contributed by atoms with E-state index < -0.39 is 6.04 Å². The lowest BCUT2D eigenvalue weighted by Gasteiger charge is -2.17. The Labute approximate surface area is 134 Å². The Morgan fingerprint density at radius 2 is 1.86 bits per heavy atom. The largest absolute Gasteiger partial charge is 0.352 e. The molecule has 0 aromatic carbocycles. The molecule has 1 heterocycles. The number of aryl methyl sites for hydroxylation is 1. The molecule has 1 aromatic rings. The second-order valence-corrected chi connectivity index (χ2v) is 6.68. The van der Waals surface area contributed by atoms with Gasteiger partial charge in [-0.3, -0.25) is 14.4 Å². The number of nitrogens with zero attached hydrogens (tertiary/aromatic N) is 1. The number of amides is 2. The zero-order chi connectivity index (χ0) is 16.9. The second kappa shape index (κ2) is 8.12. The van der Waals surface area contributed by atoms with Crippen molar-refractivity contribution in [2.75, 3.05) is 0 Å². The lowest BCUT2D eigenvalue weighted by molar-refractivity contribution is -0.129. The molecule has 2 unspecified atom stereocenters. The molecule has 124 valence electrons. The normalized spacial score (nSPS) is 13.5. The van der Waals surface area contributed by atoms with Crippen LogP contribution >= 0.6 is 11.3 Å². The first kappa shape index (κ1) is 18.4. The summed E-state index contributed by atoms with van der Waals surface area (Å²) >= 11 is 1.19. The van der Waals surface area contributed by atoms with Gasteiger partial charge in [-0.05, 0) is 34.1 Å². The highest BCUT2D eigenvalue weighted by Crippen LogP contribution is 2.09. The highest BCUT2D eigenvalue weighted by molar-refractivity contribution is 7.09. The third-order valence-corrected chi connectivity index (χ3v) is 4.71. The number of hydrogen-bond acceptors (Lipinski definition) is 4. The van der Waals surface area contributed by atoms with Gasteiger partial charge in [0.1, 0.15) is 6.04 Å². The first-order valence-corrected chi connectivity index (χ1v) is 8.34. The molecule has 0 aliphatic carbocycles. The van der Waals surface area contributed by atoms with Gasteiger partial charge in [0.15, 0.2) is 0 Å². The summed E-state index contributed by atoms with van der Waals surface area (Å²) in [7, 11) is 0. The van der Waals surface area contributed by atoms with Gasteiger partial charge >= 0.3 is 4.87 Å². The Balaban J connectivity index is 2.49. The summed E-state index contributed by atoms with van der Waals surface area (Å²) in [4.78, 5) is 36.4. The highest BCUT2D eigenvalue weighted by atomic mass is 32.1. The van der Waals surface area contributed by atoms with Crippen molar-refractivity contribution in [3.63, 3.8) is 0 Å². The summed E-state index contributed by atoms with van der Waals surface area (Å²) in [6.45, 7) is 9.65. The van der Waals surface area contributed by atoms with E-state index in [9.17, 15) is 14.4 Å². The van der Waals surface area contributed by atoms with Crippen molar-refractivity contribution < 1.29 is 9.59 Å². The van der Waals surface area contributed by atoms with Gasteiger partial charge in [0.25, 0.3) is 0 Å². The third-order valence-electron chi connectivity index (χ3n) is 3.71. The molecule has 0 aliphatic rings. The maximum Gasteiger partial charge on any atom is 0.307 e. The quantitative estimate of drug-likeness (QED) is 0.793. The second-order valence-electron chi connectivity index (χ2n) is 5.52. The smallest absolute Gasteiger partial charge is 0.307 e. The van der Waals surface area contributed by atoms with E-state index >= 15 is 0 Å². The molecule has 0 fully saturated rings. The molecule has 2 atom stereocenters. The Kier molecular flexibility index (Phi) is 6.80. The van der Waals surface area contributed by atoms with Crippen molar-refractivity contribution in [1.82, 2.24) is 15.2 Å². The Bertz CT molecular complexity index is 591. The van der Waals surface area contributed by atoms with Crippen molar-refractivity contribution in [3.05, 3.63) is 20.2 Å². The molecule has 7 heteroatoms. The predicted molar refractivity (Wildman–Crippen MR) is 88.2 cm³/mol. The number of aromatic nitrogens is 1. The molecule has 1 aromatic heterocycles. The number of rotatable bonds is 7. The summed E-state index contributed by atoms with van der Waals surface area (Å²) in [6, 6.07) is -0.495. The molecule has 0 radical (unpaired) electrons. The minimum atomic E-state index is -0.580. The van der Waals surface area contributed by atoms with E-state index in [1.807, 2.05) is 27.7 Å². The van der Waals surface area contributed by atoms with Gasteiger partial charge in [-0.25, -0.2) is 0 Å². The van der Waals surface area contributed by atoms with E-state index in [0.717, 1.165) is 17.0 Å². The number of thiazole rings is 1. The first-order valence-electron chi connectivity index (χ1n) is 7.52. The molecule has 0 spiro atoms. The van der Waals surface area contributed by atoms with Crippen LogP contribution in [0.3, 0.4) is 0 Å². The van der Waals surface area contributed by atoms with Crippen molar-refractivity contribution in [3.8, 4) is 0 Å². The molecular formula is C15H25N3O3S. The minimum Gasteiger partial charge on any atom is -0.352 e. The van der Waals surface area contributed by atoms with Crippen molar-refractivity contribution in [2.45, 2.75) is 66.1 Å². The van der Waals surface area contributed by atoms with Crippen molar-refractivity contribution in [1.29, 1.82) is 0 Å². The molecule has 6 nitrogen and oxygen atoms in total. The average Bonchev–Trinajstić information content (AvgIpc) is 2.69. The van der Waals surface area contributed by atoms with Crippen LogP contribution in [0, 0.1) is 13.8 Å². The van der Waals surface area contributed by atoms with Crippen molar-refractivity contribution >= 4 is 23.2 Å². The van der Waals surface area contributed by atoms with Gasteiger partial charge in [-0.15, -0.1) is 0 Å². The van der Waals surface area contributed by atoms with Crippen LogP contribution in [0.15, 0.2) is 4.79 Å². The zero-order valence-corrected chi connectivity index (χ0v) is 14.7. The summed E-state index contributed by atoms with van der Waals surface area (Å²) in [6.07, 6.45) is 1.02. The SMILES string of the molecule is CCC(C)NC(=O)C(C)NC(=O)CCn1c(C)c(C)sc1=O. The summed E-state index contributed by atoms with van der Waals surface area (Å²) in [5.41, 5.74) is 0.894. The highest BCUT2D eigenvalue weighted by Gasteiger charge is 2.17. The fraction of sp³-hybridized carbons (Fsp3) is 0.667. The standard InChI is InChI=1S/C15H25N3O3S/c1-6-9(2)16-14(20)10(3)17-13(19)7-8-18-11(4)12(5)22-15(18)21/h9-10H,6-8H2,1-5H3,(H,16,20)(H,17,19). The summed E-state index contributed by atoms with van der Waals surface area (Å²) in [5, 5.41) is 5.48. The van der Waals surface area contributed by atoms with Gasteiger partial charge in [-0.1, -0.05) is 18.3 Å². The van der Waals surface area contributed by atoms with Crippen LogP contribution in [0.2, 0.25) is 0 Å². The Morgan fingerprint density at radius 3 is 2.36 bits per heavy atom. The predicted octanol–water partition coefficient (Wildman–Crippen LogP) is 1.34. The lowest BCUT2D eigenvalue weighted by atomic mass is 10.2. The molecule has 0 bridgehead atoms. The molecule has 0 saturated carbocycles. The van der Waals surface area contributed by atoms with Gasteiger partial charge in [0, 0.05) is 29.6 Å². The topological polar surface area (TPSA) is 80.2 Å². The van der Waals surface area contributed by atoms with E-state index in [1.54, 1.807) is 11.5 Å². The molecule has 0 saturated heterocycles. The van der Waals surface area contributed by atoms with Gasteiger partial charge in [0.2, 0.25) is 11.8 Å². The molecule has 0 aliphatic heterocycles. The molecule has 2 N–H and O–H groups in total. The first-order chi connectivity index (χ1) is 10.3. The Morgan fingerprint density at radius 1 is 1.23 bits per heavy atom. The van der Waals surface area contributed by atoms with Crippen LogP contribution in [0.4, 0.5) is 0 Å². The minimum absolute atomic E-state index is 0.0506. The van der Waals surface area contributed by atoms with Gasteiger partial charge in [0.05, 0.1) is 0 Å². The molecule has 1 rings (SSSR count). The number of carbonyl (C=O) groups is 2. The average molecular weight is 327 g/mol. The van der Waals surface area contributed by atoms with Gasteiger partial charge in [-0.2, -0.15) is 0 Å². The fourth-order valence-corrected chi connectivity index (χ4v) is 2.77. The van der Waals surface area contributed by atoms with Crippen LogP contribution < -0.4 is 15.5 Å². The van der Waals surface area contributed by atoms with Crippen LogP contribution in [0.5, 0.6) is 0 Å². The number of hydrogen-bond donors (Lipinski definition) is 2. The van der Waals surface area contributed by atoms with Crippen LogP contribution in [0.25, 0.3) is 0 Å². The summed E-state index contributed by atoms with van der Waals surface area (Å²) < 4.78 is 1.60. The zero-order valence-electron chi connectivity index (χ0n) is 13.9.